The third kappa shape index (κ3) is 3.39. The van der Waals surface area contributed by atoms with Gasteiger partial charge in [-0.05, 0) is 57.5 Å². The van der Waals surface area contributed by atoms with Gasteiger partial charge in [0.25, 0.3) is 0 Å². The summed E-state index contributed by atoms with van der Waals surface area (Å²) in [6.45, 7) is 7.12. The number of aromatic nitrogens is 2. The number of hydrogen-bond donors (Lipinski definition) is 1. The zero-order valence-corrected chi connectivity index (χ0v) is 14.1. The molecule has 0 radical (unpaired) electrons. The molecule has 0 amide bonds. The fraction of sp³-hybridized carbons (Fsp3) is 0.500. The van der Waals surface area contributed by atoms with Crippen LogP contribution < -0.4 is 5.32 Å². The van der Waals surface area contributed by atoms with Gasteiger partial charge in [-0.2, -0.15) is 5.10 Å². The molecule has 124 valence electrons. The molecule has 1 aliphatic heterocycles. The van der Waals surface area contributed by atoms with E-state index in [0.29, 0.717) is 0 Å². The van der Waals surface area contributed by atoms with Crippen molar-refractivity contribution in [2.24, 2.45) is 7.05 Å². The van der Waals surface area contributed by atoms with E-state index in [1.54, 1.807) is 12.1 Å². The highest BCUT2D eigenvalue weighted by Crippen LogP contribution is 2.27. The summed E-state index contributed by atoms with van der Waals surface area (Å²) in [7, 11) is 1.96. The van der Waals surface area contributed by atoms with E-state index in [4.69, 9.17) is 0 Å². The number of likely N-dealkylation sites (tertiary alicyclic amines) is 1. The van der Waals surface area contributed by atoms with Crippen LogP contribution in [0.5, 0.6) is 0 Å². The first kappa shape index (κ1) is 16.0. The summed E-state index contributed by atoms with van der Waals surface area (Å²) in [6.07, 6.45) is 2.48. The highest BCUT2D eigenvalue weighted by atomic mass is 19.1. The molecule has 4 nitrogen and oxygen atoms in total. The van der Waals surface area contributed by atoms with Gasteiger partial charge < -0.3 is 5.32 Å². The molecule has 1 fully saturated rings. The van der Waals surface area contributed by atoms with Crippen LogP contribution in [0.4, 0.5) is 10.1 Å². The van der Waals surface area contributed by atoms with E-state index in [2.05, 4.69) is 22.2 Å². The van der Waals surface area contributed by atoms with Crippen molar-refractivity contribution in [3.8, 4) is 0 Å². The van der Waals surface area contributed by atoms with Crippen molar-refractivity contribution < 1.29 is 4.39 Å². The van der Waals surface area contributed by atoms with E-state index in [1.165, 1.54) is 18.4 Å². The zero-order chi connectivity index (χ0) is 16.4. The maximum atomic E-state index is 13.2. The Morgan fingerprint density at radius 3 is 2.39 bits per heavy atom. The highest BCUT2D eigenvalue weighted by Gasteiger charge is 2.24. The quantitative estimate of drug-likeness (QED) is 0.917. The zero-order valence-electron chi connectivity index (χ0n) is 14.1. The Hall–Kier alpha value is -1.88. The number of hydrogen-bond acceptors (Lipinski definition) is 3. The van der Waals surface area contributed by atoms with Crippen molar-refractivity contribution in [2.75, 3.05) is 25.0 Å². The predicted molar refractivity (Wildman–Crippen MR) is 91.1 cm³/mol. The molecule has 1 unspecified atom stereocenters. The second-order valence-electron chi connectivity index (χ2n) is 6.36. The van der Waals surface area contributed by atoms with Crippen molar-refractivity contribution in [1.29, 1.82) is 0 Å². The number of anilines is 1. The topological polar surface area (TPSA) is 33.1 Å². The second kappa shape index (κ2) is 6.71. The molecule has 0 spiro atoms. The third-order valence-corrected chi connectivity index (χ3v) is 4.82. The molecule has 2 heterocycles. The lowest BCUT2D eigenvalue weighted by atomic mass is 10.1. The summed E-state index contributed by atoms with van der Waals surface area (Å²) in [5.41, 5.74) is 4.44. The highest BCUT2D eigenvalue weighted by molar-refractivity contribution is 5.52. The molecule has 0 bridgehead atoms. The molecule has 1 aromatic carbocycles. The Morgan fingerprint density at radius 2 is 1.83 bits per heavy atom. The van der Waals surface area contributed by atoms with Crippen molar-refractivity contribution in [1.82, 2.24) is 14.7 Å². The molecule has 3 rings (SSSR count). The van der Waals surface area contributed by atoms with E-state index in [1.807, 2.05) is 30.8 Å². The average molecular weight is 316 g/mol. The molecule has 2 aromatic rings. The minimum Gasteiger partial charge on any atom is -0.380 e. The van der Waals surface area contributed by atoms with Crippen LogP contribution in [0.3, 0.4) is 0 Å². The number of nitrogens with one attached hydrogen (secondary N) is 1. The lowest BCUT2D eigenvalue weighted by molar-refractivity contribution is 0.256. The van der Waals surface area contributed by atoms with Gasteiger partial charge in [0.2, 0.25) is 0 Å². The minimum absolute atomic E-state index is 0.180. The molecule has 1 saturated heterocycles. The Labute approximate surface area is 137 Å². The Bertz CT molecular complexity index is 656. The summed E-state index contributed by atoms with van der Waals surface area (Å²) < 4.78 is 15.1. The summed E-state index contributed by atoms with van der Waals surface area (Å²) in [5.74, 6) is -0.180. The monoisotopic (exact) mass is 316 g/mol. The summed E-state index contributed by atoms with van der Waals surface area (Å²) in [5, 5.41) is 8.03. The molecule has 1 atom stereocenters. The normalized spacial score (nSPS) is 16.7. The van der Waals surface area contributed by atoms with E-state index >= 15 is 0 Å². The SMILES string of the molecule is Cc1nn(C)c(C)c1NCC(c1ccc(F)cc1)N1CCCC1. The van der Waals surface area contributed by atoms with Gasteiger partial charge in [0.1, 0.15) is 5.82 Å². The van der Waals surface area contributed by atoms with E-state index < -0.39 is 0 Å². The van der Waals surface area contributed by atoms with Gasteiger partial charge in [-0.25, -0.2) is 4.39 Å². The van der Waals surface area contributed by atoms with Crippen molar-refractivity contribution in [2.45, 2.75) is 32.7 Å². The Morgan fingerprint density at radius 1 is 1.17 bits per heavy atom. The standard InChI is InChI=1S/C18H25FN4/c1-13-18(14(2)22(3)21-13)20-12-17(23-10-4-5-11-23)15-6-8-16(19)9-7-15/h6-9,17,20H,4-5,10-12H2,1-3H3. The first-order valence-electron chi connectivity index (χ1n) is 8.30. The molecule has 1 aliphatic rings. The number of halogens is 1. The fourth-order valence-electron chi connectivity index (χ4n) is 3.42. The Balaban J connectivity index is 1.79. The number of rotatable bonds is 5. The van der Waals surface area contributed by atoms with Crippen LogP contribution in [-0.2, 0) is 7.05 Å². The van der Waals surface area contributed by atoms with Gasteiger partial charge in [0.05, 0.1) is 23.1 Å². The first-order chi connectivity index (χ1) is 11.1. The van der Waals surface area contributed by atoms with Crippen molar-refractivity contribution in [3.05, 3.63) is 47.0 Å². The largest absolute Gasteiger partial charge is 0.380 e. The number of aryl methyl sites for hydroxylation is 2. The summed E-state index contributed by atoms with van der Waals surface area (Å²) >= 11 is 0. The fourth-order valence-corrected chi connectivity index (χ4v) is 3.42. The van der Waals surface area contributed by atoms with E-state index in [-0.39, 0.29) is 11.9 Å². The summed E-state index contributed by atoms with van der Waals surface area (Å²) in [6, 6.07) is 7.18. The van der Waals surface area contributed by atoms with Crippen molar-refractivity contribution in [3.63, 3.8) is 0 Å². The van der Waals surface area contributed by atoms with Gasteiger partial charge in [-0.3, -0.25) is 9.58 Å². The molecule has 0 saturated carbocycles. The average Bonchev–Trinajstić information content (AvgIpc) is 3.13. The lowest BCUT2D eigenvalue weighted by Gasteiger charge is -2.28. The first-order valence-corrected chi connectivity index (χ1v) is 8.30. The van der Waals surface area contributed by atoms with Crippen LogP contribution in [0, 0.1) is 19.7 Å². The molecular formula is C18H25FN4. The predicted octanol–water partition coefficient (Wildman–Crippen LogP) is 3.43. The molecule has 1 N–H and O–H groups in total. The van der Waals surface area contributed by atoms with Crippen LogP contribution in [0.2, 0.25) is 0 Å². The molecule has 23 heavy (non-hydrogen) atoms. The maximum absolute atomic E-state index is 13.2. The second-order valence-corrected chi connectivity index (χ2v) is 6.36. The third-order valence-electron chi connectivity index (χ3n) is 4.82. The van der Waals surface area contributed by atoms with Gasteiger partial charge in [-0.15, -0.1) is 0 Å². The van der Waals surface area contributed by atoms with Crippen LogP contribution >= 0.6 is 0 Å². The smallest absolute Gasteiger partial charge is 0.123 e. The summed E-state index contributed by atoms with van der Waals surface area (Å²) in [4.78, 5) is 2.49. The van der Waals surface area contributed by atoms with E-state index in [9.17, 15) is 4.39 Å². The molecule has 5 heteroatoms. The number of benzene rings is 1. The molecule has 1 aromatic heterocycles. The minimum atomic E-state index is -0.180. The number of nitrogens with zero attached hydrogens (tertiary/aromatic N) is 3. The van der Waals surface area contributed by atoms with Crippen molar-refractivity contribution >= 4 is 5.69 Å². The van der Waals surface area contributed by atoms with Gasteiger partial charge in [0.15, 0.2) is 0 Å². The molecule has 0 aliphatic carbocycles. The van der Waals surface area contributed by atoms with Gasteiger partial charge in [-0.1, -0.05) is 12.1 Å². The van der Waals surface area contributed by atoms with Crippen LogP contribution in [0.25, 0.3) is 0 Å². The van der Waals surface area contributed by atoms with Crippen LogP contribution in [0.15, 0.2) is 24.3 Å². The maximum Gasteiger partial charge on any atom is 0.123 e. The van der Waals surface area contributed by atoms with Crippen LogP contribution in [0.1, 0.15) is 35.8 Å². The Kier molecular flexibility index (Phi) is 4.66. The van der Waals surface area contributed by atoms with Gasteiger partial charge >= 0.3 is 0 Å². The van der Waals surface area contributed by atoms with E-state index in [0.717, 1.165) is 36.7 Å². The molecular weight excluding hydrogens is 291 g/mol. The lowest BCUT2D eigenvalue weighted by Crippen LogP contribution is -2.31. The van der Waals surface area contributed by atoms with Gasteiger partial charge in [0, 0.05) is 13.6 Å². The van der Waals surface area contributed by atoms with Crippen LogP contribution in [-0.4, -0.2) is 34.3 Å².